The molecule has 2 aromatic carbocycles. The third-order valence-corrected chi connectivity index (χ3v) is 3.73. The summed E-state index contributed by atoms with van der Waals surface area (Å²) in [6, 6.07) is 13.6. The molecule has 0 aliphatic rings. The molecule has 2 N–H and O–H groups in total. The molecule has 0 amide bonds. The first-order chi connectivity index (χ1) is 8.47. The lowest BCUT2D eigenvalue weighted by Crippen LogP contribution is -2.11. The van der Waals surface area contributed by atoms with E-state index >= 15 is 0 Å². The lowest BCUT2D eigenvalue weighted by molar-refractivity contribution is 0.479. The van der Waals surface area contributed by atoms with Crippen LogP contribution in [0.5, 0.6) is 11.5 Å². The fraction of sp³-hybridized carbons (Fsp3) is 0. The van der Waals surface area contributed by atoms with Crippen molar-refractivity contribution in [3.63, 3.8) is 0 Å². The predicted octanol–water partition coefficient (Wildman–Crippen LogP) is 2.89. The van der Waals surface area contributed by atoms with E-state index in [1.807, 2.05) is 18.2 Å². The Labute approximate surface area is 114 Å². The Kier molecular flexibility index (Phi) is 3.70. The van der Waals surface area contributed by atoms with Gasteiger partial charge < -0.3 is 4.74 Å². The molecular formula is C12H10BrNO3S. The predicted molar refractivity (Wildman–Crippen MR) is 72.0 cm³/mol. The molecule has 0 fully saturated rings. The molecule has 0 radical (unpaired) electrons. The molecule has 4 nitrogen and oxygen atoms in total. The quantitative estimate of drug-likeness (QED) is 0.942. The average Bonchev–Trinajstić information content (AvgIpc) is 2.32. The fourth-order valence-corrected chi connectivity index (χ4v) is 2.51. The molecule has 0 bridgehead atoms. The van der Waals surface area contributed by atoms with Crippen LogP contribution in [0.3, 0.4) is 0 Å². The number of benzene rings is 2. The van der Waals surface area contributed by atoms with Crippen LogP contribution in [-0.2, 0) is 10.0 Å². The monoisotopic (exact) mass is 327 g/mol. The molecule has 0 spiro atoms. The highest BCUT2D eigenvalue weighted by atomic mass is 79.9. The number of sulfonamides is 1. The van der Waals surface area contributed by atoms with Crippen LogP contribution in [0.4, 0.5) is 0 Å². The lowest BCUT2D eigenvalue weighted by atomic mass is 10.3. The van der Waals surface area contributed by atoms with Crippen LogP contribution >= 0.6 is 15.9 Å². The molecule has 0 aliphatic carbocycles. The first-order valence-corrected chi connectivity index (χ1v) is 7.36. The van der Waals surface area contributed by atoms with E-state index in [-0.39, 0.29) is 4.90 Å². The van der Waals surface area contributed by atoms with Gasteiger partial charge in [-0.2, -0.15) is 0 Å². The number of ether oxygens (including phenoxy) is 1. The summed E-state index contributed by atoms with van der Waals surface area (Å²) in [4.78, 5) is 0.0368. The van der Waals surface area contributed by atoms with Gasteiger partial charge in [0, 0.05) is 0 Å². The molecule has 0 unspecified atom stereocenters. The van der Waals surface area contributed by atoms with Crippen molar-refractivity contribution in [1.29, 1.82) is 0 Å². The minimum absolute atomic E-state index is 0.0368. The first-order valence-electron chi connectivity index (χ1n) is 5.02. The number of hydrogen-bond acceptors (Lipinski definition) is 3. The van der Waals surface area contributed by atoms with E-state index in [1.165, 1.54) is 12.1 Å². The van der Waals surface area contributed by atoms with Gasteiger partial charge in [-0.15, -0.1) is 0 Å². The molecule has 0 aliphatic heterocycles. The standard InChI is InChI=1S/C12H10BrNO3S/c13-11-8-10(18(14,15)16)6-7-12(11)17-9-4-2-1-3-5-9/h1-8H,(H2,14,15,16). The Morgan fingerprint density at radius 3 is 2.28 bits per heavy atom. The van der Waals surface area contributed by atoms with E-state index < -0.39 is 10.0 Å². The Hall–Kier alpha value is -1.37. The summed E-state index contributed by atoms with van der Waals surface area (Å²) >= 11 is 3.25. The first kappa shape index (κ1) is 13.1. The molecule has 94 valence electrons. The van der Waals surface area contributed by atoms with Gasteiger partial charge in [0.2, 0.25) is 10.0 Å². The van der Waals surface area contributed by atoms with Crippen molar-refractivity contribution in [3.05, 3.63) is 53.0 Å². The topological polar surface area (TPSA) is 69.4 Å². The summed E-state index contributed by atoms with van der Waals surface area (Å²) in [5, 5.41) is 5.04. The highest BCUT2D eigenvalue weighted by molar-refractivity contribution is 9.10. The maximum atomic E-state index is 11.2. The molecular weight excluding hydrogens is 318 g/mol. The number of rotatable bonds is 3. The second kappa shape index (κ2) is 5.09. The summed E-state index contributed by atoms with van der Waals surface area (Å²) in [5.74, 6) is 1.19. The molecule has 18 heavy (non-hydrogen) atoms. The summed E-state index contributed by atoms with van der Waals surface area (Å²) in [7, 11) is -3.70. The SMILES string of the molecule is NS(=O)(=O)c1ccc(Oc2ccccc2)c(Br)c1. The van der Waals surface area contributed by atoms with Crippen molar-refractivity contribution in [2.75, 3.05) is 0 Å². The van der Waals surface area contributed by atoms with Crippen molar-refractivity contribution in [1.82, 2.24) is 0 Å². The van der Waals surface area contributed by atoms with E-state index in [0.717, 1.165) is 0 Å². The molecule has 0 aromatic heterocycles. The van der Waals surface area contributed by atoms with E-state index in [4.69, 9.17) is 9.88 Å². The zero-order valence-corrected chi connectivity index (χ0v) is 11.6. The smallest absolute Gasteiger partial charge is 0.238 e. The van der Waals surface area contributed by atoms with E-state index in [2.05, 4.69) is 15.9 Å². The van der Waals surface area contributed by atoms with E-state index in [0.29, 0.717) is 16.0 Å². The largest absolute Gasteiger partial charge is 0.456 e. The molecule has 0 heterocycles. The van der Waals surface area contributed by atoms with Crippen LogP contribution in [0.2, 0.25) is 0 Å². The van der Waals surface area contributed by atoms with Crippen LogP contribution in [0.25, 0.3) is 0 Å². The lowest BCUT2D eigenvalue weighted by Gasteiger charge is -2.08. The van der Waals surface area contributed by atoms with E-state index in [9.17, 15) is 8.42 Å². The Bertz CT molecular complexity index is 656. The van der Waals surface area contributed by atoms with Gasteiger partial charge in [-0.3, -0.25) is 0 Å². The van der Waals surface area contributed by atoms with Crippen molar-refractivity contribution in [2.45, 2.75) is 4.90 Å². The zero-order chi connectivity index (χ0) is 13.2. The number of nitrogens with two attached hydrogens (primary N) is 1. The van der Waals surface area contributed by atoms with Crippen LogP contribution in [0.1, 0.15) is 0 Å². The molecule has 2 rings (SSSR count). The second-order valence-corrected chi connectivity index (χ2v) is 5.97. The van der Waals surface area contributed by atoms with Crippen molar-refractivity contribution in [2.24, 2.45) is 5.14 Å². The van der Waals surface area contributed by atoms with E-state index in [1.54, 1.807) is 18.2 Å². The van der Waals surface area contributed by atoms with Crippen molar-refractivity contribution in [3.8, 4) is 11.5 Å². The highest BCUT2D eigenvalue weighted by Gasteiger charge is 2.11. The van der Waals surface area contributed by atoms with Gasteiger partial charge in [0.25, 0.3) is 0 Å². The Morgan fingerprint density at radius 2 is 1.72 bits per heavy atom. The summed E-state index contributed by atoms with van der Waals surface area (Å²) in [6.07, 6.45) is 0. The number of para-hydroxylation sites is 1. The number of hydrogen-bond donors (Lipinski definition) is 1. The van der Waals surface area contributed by atoms with Gasteiger partial charge >= 0.3 is 0 Å². The maximum absolute atomic E-state index is 11.2. The third-order valence-electron chi connectivity index (χ3n) is 2.20. The fourth-order valence-electron chi connectivity index (χ4n) is 1.36. The summed E-state index contributed by atoms with van der Waals surface area (Å²) < 4.78 is 28.5. The molecule has 6 heteroatoms. The second-order valence-electron chi connectivity index (χ2n) is 3.55. The van der Waals surface area contributed by atoms with Gasteiger partial charge in [-0.05, 0) is 46.3 Å². The van der Waals surface area contributed by atoms with Crippen LogP contribution in [0, 0.1) is 0 Å². The van der Waals surface area contributed by atoms with Crippen LogP contribution < -0.4 is 9.88 Å². The zero-order valence-electron chi connectivity index (χ0n) is 9.21. The van der Waals surface area contributed by atoms with Gasteiger partial charge in [-0.1, -0.05) is 18.2 Å². The third kappa shape index (κ3) is 3.10. The van der Waals surface area contributed by atoms with Crippen molar-refractivity contribution < 1.29 is 13.2 Å². The summed E-state index contributed by atoms with van der Waals surface area (Å²) in [5.41, 5.74) is 0. The minimum atomic E-state index is -3.70. The van der Waals surface area contributed by atoms with Crippen LogP contribution in [-0.4, -0.2) is 8.42 Å². The van der Waals surface area contributed by atoms with Crippen LogP contribution in [0.15, 0.2) is 57.9 Å². The highest BCUT2D eigenvalue weighted by Crippen LogP contribution is 2.31. The van der Waals surface area contributed by atoms with Gasteiger partial charge in [-0.25, -0.2) is 13.6 Å². The molecule has 0 saturated heterocycles. The minimum Gasteiger partial charge on any atom is -0.456 e. The molecule has 2 aromatic rings. The number of primary sulfonamides is 1. The normalized spacial score (nSPS) is 11.2. The van der Waals surface area contributed by atoms with Gasteiger partial charge in [0.1, 0.15) is 11.5 Å². The molecule has 0 atom stereocenters. The Balaban J connectivity index is 2.32. The maximum Gasteiger partial charge on any atom is 0.238 e. The van der Waals surface area contributed by atoms with Crippen molar-refractivity contribution >= 4 is 26.0 Å². The number of halogens is 1. The molecule has 0 saturated carbocycles. The van der Waals surface area contributed by atoms with Gasteiger partial charge in [0.05, 0.1) is 9.37 Å². The Morgan fingerprint density at radius 1 is 1.06 bits per heavy atom. The average molecular weight is 328 g/mol. The summed E-state index contributed by atoms with van der Waals surface area (Å²) in [6.45, 7) is 0. The van der Waals surface area contributed by atoms with Gasteiger partial charge in [0.15, 0.2) is 0 Å².